The summed E-state index contributed by atoms with van der Waals surface area (Å²) in [5, 5.41) is 0.353. The van der Waals surface area contributed by atoms with Gasteiger partial charge in [0.1, 0.15) is 5.58 Å². The maximum absolute atomic E-state index is 13.8. The molecule has 4 aromatic rings. The van der Waals surface area contributed by atoms with Crippen LogP contribution in [0.3, 0.4) is 0 Å². The number of hydrogen-bond donors (Lipinski definition) is 0. The summed E-state index contributed by atoms with van der Waals surface area (Å²) in [6, 6.07) is 15.9. The highest BCUT2D eigenvalue weighted by Crippen LogP contribution is 2.43. The Bertz CT molecular complexity index is 1590. The van der Waals surface area contributed by atoms with Gasteiger partial charge in [-0.15, -0.1) is 0 Å². The number of esters is 1. The van der Waals surface area contributed by atoms with Crippen molar-refractivity contribution in [1.82, 2.24) is 0 Å². The van der Waals surface area contributed by atoms with Crippen LogP contribution in [0.5, 0.6) is 11.5 Å². The third kappa shape index (κ3) is 4.15. The largest absolute Gasteiger partial charge is 0.493 e. The van der Waals surface area contributed by atoms with E-state index in [0.29, 0.717) is 43.8 Å². The first-order valence-electron chi connectivity index (χ1n) is 11.5. The van der Waals surface area contributed by atoms with Crippen LogP contribution in [0, 0.1) is 0 Å². The minimum Gasteiger partial charge on any atom is -0.493 e. The zero-order chi connectivity index (χ0) is 26.3. The number of carbonyl (C=O) groups is 2. The fourth-order valence-electron chi connectivity index (χ4n) is 4.52. The number of methoxy groups -OCH3 is 2. The number of carbonyl (C=O) groups excluding carboxylic acids is 2. The number of fused-ring (bicyclic) bond motifs is 2. The normalized spacial score (nSPS) is 14.5. The summed E-state index contributed by atoms with van der Waals surface area (Å²) < 4.78 is 22.6. The second kappa shape index (κ2) is 9.74. The Morgan fingerprint density at radius 1 is 0.973 bits per heavy atom. The predicted molar refractivity (Wildman–Crippen MR) is 141 cm³/mol. The Kier molecular flexibility index (Phi) is 6.47. The van der Waals surface area contributed by atoms with Crippen molar-refractivity contribution in [3.8, 4) is 11.5 Å². The Labute approximate surface area is 220 Å². The number of ether oxygens (including phenoxy) is 3. The average molecular weight is 564 g/mol. The molecule has 5 rings (SSSR count). The maximum Gasteiger partial charge on any atom is 0.338 e. The molecule has 1 unspecified atom stereocenters. The maximum atomic E-state index is 13.8. The summed E-state index contributed by atoms with van der Waals surface area (Å²) in [7, 11) is 3.04. The molecule has 0 radical (unpaired) electrons. The summed E-state index contributed by atoms with van der Waals surface area (Å²) in [6.45, 7) is 1.98. The Balaban J connectivity index is 1.73. The number of anilines is 1. The topological polar surface area (TPSA) is 95.3 Å². The lowest BCUT2D eigenvalue weighted by Gasteiger charge is -2.26. The highest BCUT2D eigenvalue weighted by Gasteiger charge is 2.44. The molecule has 0 bridgehead atoms. The molecule has 188 valence electrons. The van der Waals surface area contributed by atoms with Crippen LogP contribution in [0.25, 0.3) is 11.0 Å². The van der Waals surface area contributed by atoms with E-state index in [4.69, 9.17) is 18.6 Å². The van der Waals surface area contributed by atoms with Gasteiger partial charge in [0.05, 0.1) is 43.4 Å². The van der Waals surface area contributed by atoms with Gasteiger partial charge in [-0.1, -0.05) is 22.0 Å². The molecule has 0 saturated heterocycles. The summed E-state index contributed by atoms with van der Waals surface area (Å²) in [5.74, 6) is -0.00750. The van der Waals surface area contributed by atoms with Crippen molar-refractivity contribution in [2.24, 2.45) is 0 Å². The summed E-state index contributed by atoms with van der Waals surface area (Å²) in [5.41, 5.74) is 1.68. The molecule has 37 heavy (non-hydrogen) atoms. The quantitative estimate of drug-likeness (QED) is 0.286. The van der Waals surface area contributed by atoms with Gasteiger partial charge in [0.25, 0.3) is 5.91 Å². The lowest BCUT2D eigenvalue weighted by molar-refractivity contribution is 0.0526. The number of rotatable bonds is 6. The highest BCUT2D eigenvalue weighted by atomic mass is 79.9. The van der Waals surface area contributed by atoms with Crippen LogP contribution in [0.4, 0.5) is 5.69 Å². The fourth-order valence-corrected chi connectivity index (χ4v) is 4.88. The lowest BCUT2D eigenvalue weighted by Crippen LogP contribution is -2.29. The van der Waals surface area contributed by atoms with Gasteiger partial charge < -0.3 is 18.6 Å². The van der Waals surface area contributed by atoms with Crippen molar-refractivity contribution in [2.45, 2.75) is 13.0 Å². The molecule has 0 spiro atoms. The molecule has 1 aliphatic heterocycles. The van der Waals surface area contributed by atoms with Gasteiger partial charge in [-0.05, 0) is 67.1 Å². The van der Waals surface area contributed by atoms with Crippen molar-refractivity contribution < 1.29 is 28.2 Å². The zero-order valence-electron chi connectivity index (χ0n) is 20.2. The Hall–Kier alpha value is -4.11. The third-order valence-corrected chi connectivity index (χ3v) is 6.71. The summed E-state index contributed by atoms with van der Waals surface area (Å²) in [6.07, 6.45) is 0. The molecule has 0 N–H and O–H groups in total. The number of benzene rings is 3. The molecule has 0 saturated carbocycles. The van der Waals surface area contributed by atoms with Crippen molar-refractivity contribution in [3.63, 3.8) is 0 Å². The van der Waals surface area contributed by atoms with Gasteiger partial charge in [-0.25, -0.2) is 4.79 Å². The first kappa shape index (κ1) is 24.6. The van der Waals surface area contributed by atoms with E-state index in [1.807, 2.05) is 0 Å². The number of nitrogens with zero attached hydrogens (tertiary/aromatic N) is 1. The lowest BCUT2D eigenvalue weighted by atomic mass is 9.97. The molecule has 1 amide bonds. The molecule has 1 aromatic heterocycles. The van der Waals surface area contributed by atoms with E-state index in [9.17, 15) is 14.4 Å². The van der Waals surface area contributed by atoms with E-state index in [0.717, 1.165) is 0 Å². The summed E-state index contributed by atoms with van der Waals surface area (Å²) in [4.78, 5) is 41.2. The van der Waals surface area contributed by atoms with Gasteiger partial charge >= 0.3 is 5.97 Å². The fraction of sp³-hybridized carbons (Fsp3) is 0.179. The van der Waals surface area contributed by atoms with Gasteiger partial charge in [-0.3, -0.25) is 14.5 Å². The molecule has 0 aliphatic carbocycles. The molecule has 2 heterocycles. The van der Waals surface area contributed by atoms with Crippen LogP contribution in [0.15, 0.2) is 74.3 Å². The third-order valence-electron chi connectivity index (χ3n) is 6.21. The van der Waals surface area contributed by atoms with Gasteiger partial charge in [-0.2, -0.15) is 0 Å². The first-order chi connectivity index (χ1) is 17.9. The van der Waals surface area contributed by atoms with Crippen LogP contribution in [-0.4, -0.2) is 32.7 Å². The predicted octanol–water partition coefficient (Wildman–Crippen LogP) is 5.50. The van der Waals surface area contributed by atoms with Crippen LogP contribution in [-0.2, 0) is 4.74 Å². The average Bonchev–Trinajstić information content (AvgIpc) is 3.21. The monoisotopic (exact) mass is 563 g/mol. The molecule has 8 nitrogen and oxygen atoms in total. The van der Waals surface area contributed by atoms with E-state index in [1.54, 1.807) is 67.6 Å². The smallest absolute Gasteiger partial charge is 0.338 e. The van der Waals surface area contributed by atoms with Gasteiger partial charge in [0, 0.05) is 10.2 Å². The molecule has 1 atom stereocenters. The second-order valence-electron chi connectivity index (χ2n) is 8.27. The minimum atomic E-state index is -0.810. The molecule has 3 aromatic carbocycles. The van der Waals surface area contributed by atoms with Crippen LogP contribution in [0.1, 0.15) is 45.0 Å². The van der Waals surface area contributed by atoms with E-state index < -0.39 is 17.9 Å². The zero-order valence-corrected chi connectivity index (χ0v) is 21.8. The Morgan fingerprint density at radius 3 is 2.38 bits per heavy atom. The van der Waals surface area contributed by atoms with Crippen LogP contribution >= 0.6 is 15.9 Å². The number of hydrogen-bond acceptors (Lipinski definition) is 7. The Morgan fingerprint density at radius 2 is 1.70 bits per heavy atom. The number of amides is 1. The standard InChI is InChI=1S/C28H22BrNO7/c1-4-36-28(33)15-5-9-18(10-6-15)30-24(16-7-11-21(34-2)22(13-16)35-3)23-25(31)19-14-17(29)8-12-20(19)37-26(23)27(30)32/h5-14,24H,4H2,1-3H3. The molecular formula is C28H22BrNO7. The SMILES string of the molecule is CCOC(=O)c1ccc(N2C(=O)c3oc4ccc(Br)cc4c(=O)c3C2c2ccc(OC)c(OC)c2)cc1. The molecule has 0 fully saturated rings. The van der Waals surface area contributed by atoms with Gasteiger partial charge in [0.2, 0.25) is 5.76 Å². The molecule has 9 heteroatoms. The van der Waals surface area contributed by atoms with Crippen molar-refractivity contribution in [2.75, 3.05) is 25.7 Å². The summed E-state index contributed by atoms with van der Waals surface area (Å²) >= 11 is 3.41. The second-order valence-corrected chi connectivity index (χ2v) is 9.19. The number of halogens is 1. The van der Waals surface area contributed by atoms with E-state index >= 15 is 0 Å². The van der Waals surface area contributed by atoms with Crippen LogP contribution in [0.2, 0.25) is 0 Å². The first-order valence-corrected chi connectivity index (χ1v) is 12.3. The van der Waals surface area contributed by atoms with Crippen molar-refractivity contribution in [3.05, 3.63) is 97.8 Å². The van der Waals surface area contributed by atoms with Crippen molar-refractivity contribution in [1.29, 1.82) is 0 Å². The molecular weight excluding hydrogens is 542 g/mol. The highest BCUT2D eigenvalue weighted by molar-refractivity contribution is 9.10. The van der Waals surface area contributed by atoms with Gasteiger partial charge in [0.15, 0.2) is 16.9 Å². The van der Waals surface area contributed by atoms with E-state index in [2.05, 4.69) is 15.9 Å². The van der Waals surface area contributed by atoms with Crippen molar-refractivity contribution >= 4 is 44.5 Å². The van der Waals surface area contributed by atoms with Crippen LogP contribution < -0.4 is 19.8 Å². The molecule has 1 aliphatic rings. The minimum absolute atomic E-state index is 0.0333. The van der Waals surface area contributed by atoms with E-state index in [1.165, 1.54) is 19.1 Å². The van der Waals surface area contributed by atoms with E-state index in [-0.39, 0.29) is 23.4 Å².